The van der Waals surface area contributed by atoms with Gasteiger partial charge in [-0.15, -0.1) is 18.0 Å². The van der Waals surface area contributed by atoms with Gasteiger partial charge >= 0.3 is 0 Å². The molecule has 0 atom stereocenters. The molecule has 0 nitrogen and oxygen atoms in total. The molecule has 0 heterocycles. The molecule has 0 radical (unpaired) electrons. The van der Waals surface area contributed by atoms with Gasteiger partial charge in [0.2, 0.25) is 0 Å². The van der Waals surface area contributed by atoms with Gasteiger partial charge in [0.05, 0.1) is 4.87 Å². The Morgan fingerprint density at radius 2 is 2.50 bits per heavy atom. The summed E-state index contributed by atoms with van der Waals surface area (Å²) in [6, 6.07) is 0. The smallest absolute Gasteiger partial charge is 0.0990 e. The topological polar surface area (TPSA) is 0 Å². The number of rotatable bonds is 0. The minimum atomic E-state index is -2.89. The van der Waals surface area contributed by atoms with E-state index in [0.717, 1.165) is 0 Å². The molecule has 34 valence electrons. The summed E-state index contributed by atoms with van der Waals surface area (Å²) in [5.41, 5.74) is 0. The van der Waals surface area contributed by atoms with Gasteiger partial charge in [0.25, 0.3) is 0 Å². The van der Waals surface area contributed by atoms with Gasteiger partial charge in [0, 0.05) is 8.22 Å². The number of terminal acetylenes is 1. The van der Waals surface area contributed by atoms with E-state index in [1.807, 2.05) is 0 Å². The summed E-state index contributed by atoms with van der Waals surface area (Å²) in [5.74, 6) is 1.60. The van der Waals surface area contributed by atoms with Crippen molar-refractivity contribution >= 4 is 11.6 Å². The summed E-state index contributed by atoms with van der Waals surface area (Å²) in [6.07, 6.45) is 4.78. The van der Waals surface area contributed by atoms with Crippen LogP contribution in [0.15, 0.2) is 0 Å². The van der Waals surface area contributed by atoms with E-state index in [-0.39, 0.29) is 0 Å². The van der Waals surface area contributed by atoms with E-state index < -0.39 is 18.6 Å². The third-order valence-corrected chi connectivity index (χ3v) is 0.308. The second kappa shape index (κ2) is 1.53. The van der Waals surface area contributed by atoms with Crippen LogP contribution in [-0.2, 0) is 0 Å². The van der Waals surface area contributed by atoms with Gasteiger partial charge in [0.15, 0.2) is 0 Å². The Morgan fingerprint density at radius 3 is 2.50 bits per heavy atom. The van der Waals surface area contributed by atoms with E-state index in [0.29, 0.717) is 0 Å². The molecule has 0 aromatic rings. The Labute approximate surface area is 51.9 Å². The van der Waals surface area contributed by atoms with Crippen LogP contribution < -0.4 is 0 Å². The zero-order valence-electron chi connectivity index (χ0n) is 8.96. The Hall–Kier alpha value is -0.150. The van der Waals surface area contributed by atoms with Crippen molar-refractivity contribution in [3.05, 3.63) is 0 Å². The molecular weight excluding hydrogens is 95.5 g/mol. The molecule has 0 unspecified atom stereocenters. The molecule has 0 aliphatic rings. The molecule has 0 N–H and O–H groups in total. The summed E-state index contributed by atoms with van der Waals surface area (Å²) >= 11 is 5.31. The molecule has 0 fully saturated rings. The fourth-order valence-corrected chi connectivity index (χ4v) is 0. The predicted molar refractivity (Wildman–Crippen MR) is 28.8 cm³/mol. The van der Waals surface area contributed by atoms with E-state index in [4.69, 9.17) is 26.2 Å². The second-order valence-electron chi connectivity index (χ2n) is 0.803. The van der Waals surface area contributed by atoms with Gasteiger partial charge in [0.1, 0.15) is 0 Å². The van der Waals surface area contributed by atoms with Gasteiger partial charge in [-0.3, -0.25) is 0 Å². The van der Waals surface area contributed by atoms with E-state index in [1.165, 1.54) is 0 Å². The number of hydrogen-bond acceptors (Lipinski definition) is 0. The lowest BCUT2D eigenvalue weighted by molar-refractivity contribution is 0.918. The zero-order valence-corrected chi connectivity index (χ0v) is 3.71. The average Bonchev–Trinajstić information content (AvgIpc) is 1.81. The first-order valence-corrected chi connectivity index (χ1v) is 1.61. The Balaban J connectivity index is 5.14. The first-order valence-electron chi connectivity index (χ1n) is 4.23. The van der Waals surface area contributed by atoms with Crippen molar-refractivity contribution < 1.29 is 8.22 Å². The van der Waals surface area contributed by atoms with Crippen molar-refractivity contribution in [1.29, 1.82) is 0 Å². The van der Waals surface area contributed by atoms with Crippen LogP contribution >= 0.6 is 11.6 Å². The van der Waals surface area contributed by atoms with Crippen LogP contribution in [0.4, 0.5) is 0 Å². The highest BCUT2D eigenvalue weighted by Crippen LogP contribution is 2.08. The number of alkyl halides is 1. The quantitative estimate of drug-likeness (QED) is 0.327. The summed E-state index contributed by atoms with van der Waals surface area (Å²) in [4.78, 5) is -2.58. The highest BCUT2D eigenvalue weighted by Gasteiger charge is 2.04. The fourth-order valence-electron chi connectivity index (χ4n) is 0. The minimum Gasteiger partial charge on any atom is -0.118 e. The monoisotopic (exact) mass is 108 g/mol. The van der Waals surface area contributed by atoms with Crippen molar-refractivity contribution in [3.63, 3.8) is 0 Å². The van der Waals surface area contributed by atoms with Crippen molar-refractivity contribution in [2.75, 3.05) is 0 Å². The summed E-state index contributed by atoms with van der Waals surface area (Å²) < 4.78 is 41.0. The van der Waals surface area contributed by atoms with Gasteiger partial charge in [-0.1, -0.05) is 5.92 Å². The Morgan fingerprint density at radius 1 is 2.00 bits per heavy atom. The van der Waals surface area contributed by atoms with E-state index in [1.54, 1.807) is 5.92 Å². The highest BCUT2D eigenvalue weighted by molar-refractivity contribution is 6.25. The van der Waals surface area contributed by atoms with Crippen LogP contribution in [0.3, 0.4) is 0 Å². The van der Waals surface area contributed by atoms with Crippen LogP contribution in [0.2, 0.25) is 0 Å². The lowest BCUT2D eigenvalue weighted by atomic mass is 10.2. The largest absolute Gasteiger partial charge is 0.118 e. The van der Waals surface area contributed by atoms with E-state index >= 15 is 0 Å². The SMILES string of the molecule is [2H]C([2H])([2H])C(Cl)(C#C)C([2H])([2H])[2H]. The molecule has 0 aromatic carbocycles. The second-order valence-corrected chi connectivity index (χ2v) is 1.37. The fraction of sp³-hybridized carbons (Fsp3) is 0.600. The van der Waals surface area contributed by atoms with Crippen molar-refractivity contribution in [1.82, 2.24) is 0 Å². The maximum Gasteiger partial charge on any atom is 0.0990 e. The van der Waals surface area contributed by atoms with Crippen molar-refractivity contribution in [2.45, 2.75) is 18.6 Å². The lowest BCUT2D eigenvalue weighted by Crippen LogP contribution is -2.03. The minimum absolute atomic E-state index is 1.60. The van der Waals surface area contributed by atoms with Crippen molar-refractivity contribution in [2.24, 2.45) is 0 Å². The molecule has 0 bridgehead atoms. The molecule has 0 aliphatic heterocycles. The molecule has 0 aliphatic carbocycles. The molecule has 0 rings (SSSR count). The van der Waals surface area contributed by atoms with Crippen LogP contribution in [0.5, 0.6) is 0 Å². The predicted octanol–water partition coefficient (Wildman–Crippen LogP) is 1.64. The van der Waals surface area contributed by atoms with Gasteiger partial charge < -0.3 is 0 Å². The Bertz CT molecular complexity index is 191. The highest BCUT2D eigenvalue weighted by atomic mass is 35.5. The van der Waals surface area contributed by atoms with Crippen LogP contribution in [0.1, 0.15) is 21.9 Å². The van der Waals surface area contributed by atoms with Gasteiger partial charge in [-0.05, 0) is 13.7 Å². The van der Waals surface area contributed by atoms with Crippen LogP contribution in [0.25, 0.3) is 0 Å². The molecule has 0 spiro atoms. The molecule has 6 heavy (non-hydrogen) atoms. The van der Waals surface area contributed by atoms with Gasteiger partial charge in [-0.2, -0.15) is 0 Å². The number of hydrogen-bond donors (Lipinski definition) is 0. The lowest BCUT2D eigenvalue weighted by Gasteiger charge is -2.01. The molecule has 0 saturated carbocycles. The first kappa shape index (κ1) is 1.17. The number of halogens is 1. The molecule has 0 saturated heterocycles. The summed E-state index contributed by atoms with van der Waals surface area (Å²) in [5, 5.41) is 0. The van der Waals surface area contributed by atoms with Gasteiger partial charge in [-0.25, -0.2) is 0 Å². The summed E-state index contributed by atoms with van der Waals surface area (Å²) in [7, 11) is 0. The third kappa shape index (κ3) is 3.85. The molecule has 0 amide bonds. The van der Waals surface area contributed by atoms with Crippen molar-refractivity contribution in [3.8, 4) is 12.3 Å². The standard InChI is InChI=1S/C5H7Cl/c1-4-5(2,3)6/h1H,2-3H3/i2D3,3D3. The maximum absolute atomic E-state index is 6.84. The van der Waals surface area contributed by atoms with E-state index in [2.05, 4.69) is 0 Å². The first-order chi connectivity index (χ1) is 5.06. The Kier molecular flexibility index (Phi) is 0.298. The van der Waals surface area contributed by atoms with E-state index in [9.17, 15) is 0 Å². The average molecular weight is 109 g/mol. The molecule has 1 heteroatoms. The normalized spacial score (nSPS) is 29.3. The summed E-state index contributed by atoms with van der Waals surface area (Å²) in [6.45, 7) is -5.79. The third-order valence-electron chi connectivity index (χ3n) is 0.199. The van der Waals surface area contributed by atoms with Crippen LogP contribution in [-0.4, -0.2) is 4.87 Å². The molecule has 0 aromatic heterocycles. The zero-order chi connectivity index (χ0) is 10.2. The van der Waals surface area contributed by atoms with Crippen LogP contribution in [0, 0.1) is 12.3 Å². The maximum atomic E-state index is 6.84. The molecular formula is C5H7Cl.